The Morgan fingerprint density at radius 1 is 1.31 bits per heavy atom. The van der Waals surface area contributed by atoms with Crippen LogP contribution in [-0.4, -0.2) is 51.5 Å². The molecular formula is C16H17N5O3S2. The van der Waals surface area contributed by atoms with Crippen molar-refractivity contribution in [2.75, 3.05) is 30.7 Å². The lowest BCUT2D eigenvalue weighted by molar-refractivity contribution is 0.101. The highest BCUT2D eigenvalue weighted by atomic mass is 32.2. The van der Waals surface area contributed by atoms with E-state index >= 15 is 0 Å². The van der Waals surface area contributed by atoms with Gasteiger partial charge in [-0.05, 0) is 38.1 Å². The van der Waals surface area contributed by atoms with Gasteiger partial charge >= 0.3 is 0 Å². The van der Waals surface area contributed by atoms with Gasteiger partial charge in [0.25, 0.3) is 5.91 Å². The van der Waals surface area contributed by atoms with E-state index in [0.717, 1.165) is 16.6 Å². The number of hydrogen-bond acceptors (Lipinski definition) is 9. The van der Waals surface area contributed by atoms with Crippen LogP contribution in [-0.2, 0) is 0 Å². The van der Waals surface area contributed by atoms with Gasteiger partial charge in [0.05, 0.1) is 6.26 Å². The van der Waals surface area contributed by atoms with E-state index in [1.807, 2.05) is 0 Å². The average Bonchev–Trinajstić information content (AvgIpc) is 3.42. The van der Waals surface area contributed by atoms with E-state index < -0.39 is 5.91 Å². The summed E-state index contributed by atoms with van der Waals surface area (Å²) in [6.07, 6.45) is 4.12. The number of amides is 1. The van der Waals surface area contributed by atoms with Gasteiger partial charge in [-0.2, -0.15) is 0 Å². The fourth-order valence-corrected chi connectivity index (χ4v) is 4.48. The number of nitrogens with zero attached hydrogens (tertiary/aromatic N) is 4. The number of thioether (sulfide) groups is 1. The van der Waals surface area contributed by atoms with E-state index in [-0.39, 0.29) is 5.69 Å². The number of nitrogens with one attached hydrogen (secondary N) is 1. The van der Waals surface area contributed by atoms with E-state index in [9.17, 15) is 4.79 Å². The van der Waals surface area contributed by atoms with Crippen molar-refractivity contribution in [1.29, 1.82) is 0 Å². The molecule has 0 saturated carbocycles. The van der Waals surface area contributed by atoms with Gasteiger partial charge < -0.3 is 13.8 Å². The standard InChI is InChI=1S/C16H17N5O3S2/c22-14(11-10-13(24-20-11)12-4-3-8-23-12)17-15-18-19-16(26-15)25-9-7-21-5-1-2-6-21/h3-4,8,10H,1-2,5-7,9H2,(H,17,18,22). The van der Waals surface area contributed by atoms with Crippen molar-refractivity contribution in [1.82, 2.24) is 20.3 Å². The number of anilines is 1. The molecule has 0 aliphatic carbocycles. The SMILES string of the molecule is O=C(Nc1nnc(SCCN2CCCC2)s1)c1cc(-c2ccco2)on1. The van der Waals surface area contributed by atoms with Crippen LogP contribution in [0.4, 0.5) is 5.13 Å². The smallest absolute Gasteiger partial charge is 0.279 e. The second kappa shape index (κ2) is 8.02. The van der Waals surface area contributed by atoms with Crippen LogP contribution in [0, 0.1) is 0 Å². The predicted octanol–water partition coefficient (Wildman–Crippen LogP) is 3.23. The average molecular weight is 391 g/mol. The summed E-state index contributed by atoms with van der Waals surface area (Å²) in [4.78, 5) is 14.7. The number of likely N-dealkylation sites (tertiary alicyclic amines) is 1. The second-order valence-corrected chi connectivity index (χ2v) is 8.10. The Hall–Kier alpha value is -2.17. The van der Waals surface area contributed by atoms with Crippen molar-refractivity contribution in [2.45, 2.75) is 17.2 Å². The molecule has 0 atom stereocenters. The number of carbonyl (C=O) groups is 1. The lowest BCUT2D eigenvalue weighted by Crippen LogP contribution is -2.21. The first-order valence-electron chi connectivity index (χ1n) is 8.28. The summed E-state index contributed by atoms with van der Waals surface area (Å²) in [5.41, 5.74) is 0.162. The number of aromatic nitrogens is 3. The van der Waals surface area contributed by atoms with E-state index in [0.29, 0.717) is 16.7 Å². The molecule has 4 heterocycles. The van der Waals surface area contributed by atoms with Crippen molar-refractivity contribution >= 4 is 34.1 Å². The van der Waals surface area contributed by atoms with Crippen molar-refractivity contribution < 1.29 is 13.7 Å². The normalized spacial score (nSPS) is 14.8. The molecule has 3 aromatic rings. The van der Waals surface area contributed by atoms with Gasteiger partial charge in [-0.1, -0.05) is 28.3 Å². The van der Waals surface area contributed by atoms with Gasteiger partial charge in [0, 0.05) is 18.4 Å². The summed E-state index contributed by atoms with van der Waals surface area (Å²) in [6.45, 7) is 3.44. The molecule has 26 heavy (non-hydrogen) atoms. The molecule has 4 rings (SSSR count). The topological polar surface area (TPSA) is 97.3 Å². The van der Waals surface area contributed by atoms with Gasteiger partial charge in [-0.3, -0.25) is 10.1 Å². The van der Waals surface area contributed by atoms with Crippen LogP contribution in [0.1, 0.15) is 23.3 Å². The van der Waals surface area contributed by atoms with E-state index in [4.69, 9.17) is 8.94 Å². The zero-order valence-electron chi connectivity index (χ0n) is 13.9. The summed E-state index contributed by atoms with van der Waals surface area (Å²) in [7, 11) is 0. The Kier molecular flexibility index (Phi) is 5.32. The van der Waals surface area contributed by atoms with Crippen LogP contribution in [0.2, 0.25) is 0 Å². The molecule has 8 nitrogen and oxygen atoms in total. The van der Waals surface area contributed by atoms with Crippen LogP contribution in [0.15, 0.2) is 37.7 Å². The quantitative estimate of drug-likeness (QED) is 0.484. The minimum Gasteiger partial charge on any atom is -0.461 e. The van der Waals surface area contributed by atoms with E-state index in [2.05, 4.69) is 25.6 Å². The summed E-state index contributed by atoms with van der Waals surface area (Å²) >= 11 is 3.02. The van der Waals surface area contributed by atoms with Gasteiger partial charge in [0.2, 0.25) is 10.9 Å². The summed E-state index contributed by atoms with van der Waals surface area (Å²) < 4.78 is 11.2. The van der Waals surface area contributed by atoms with Gasteiger partial charge in [-0.25, -0.2) is 0 Å². The lowest BCUT2D eigenvalue weighted by Gasteiger charge is -2.12. The van der Waals surface area contributed by atoms with Gasteiger partial charge in [0.1, 0.15) is 0 Å². The molecule has 3 aromatic heterocycles. The molecule has 1 fully saturated rings. The third-order valence-electron chi connectivity index (χ3n) is 3.97. The number of rotatable bonds is 7. The number of hydrogen-bond donors (Lipinski definition) is 1. The molecular weight excluding hydrogens is 374 g/mol. The maximum Gasteiger partial charge on any atom is 0.279 e. The Morgan fingerprint density at radius 2 is 2.19 bits per heavy atom. The third kappa shape index (κ3) is 4.14. The maximum absolute atomic E-state index is 12.3. The Labute approximate surface area is 157 Å². The van der Waals surface area contributed by atoms with Crippen molar-refractivity contribution in [3.05, 3.63) is 30.2 Å². The van der Waals surface area contributed by atoms with Crippen molar-refractivity contribution in [2.24, 2.45) is 0 Å². The van der Waals surface area contributed by atoms with Crippen LogP contribution in [0.3, 0.4) is 0 Å². The van der Waals surface area contributed by atoms with Gasteiger partial charge in [0.15, 0.2) is 15.8 Å². The molecule has 0 spiro atoms. The largest absolute Gasteiger partial charge is 0.461 e. The Balaban J connectivity index is 1.30. The lowest BCUT2D eigenvalue weighted by atomic mass is 10.3. The second-order valence-electron chi connectivity index (χ2n) is 5.78. The number of furan rings is 1. The highest BCUT2D eigenvalue weighted by molar-refractivity contribution is 8.01. The highest BCUT2D eigenvalue weighted by Crippen LogP contribution is 2.26. The van der Waals surface area contributed by atoms with Crippen LogP contribution in [0.5, 0.6) is 0 Å². The van der Waals surface area contributed by atoms with Crippen molar-refractivity contribution in [3.63, 3.8) is 0 Å². The molecule has 1 N–H and O–H groups in total. The summed E-state index contributed by atoms with van der Waals surface area (Å²) in [6, 6.07) is 5.00. The van der Waals surface area contributed by atoms with Crippen LogP contribution < -0.4 is 5.32 Å². The molecule has 1 amide bonds. The molecule has 0 bridgehead atoms. The zero-order valence-corrected chi connectivity index (χ0v) is 15.5. The monoisotopic (exact) mass is 391 g/mol. The Bertz CT molecular complexity index is 855. The molecule has 136 valence electrons. The third-order valence-corrected chi connectivity index (χ3v) is 5.92. The highest BCUT2D eigenvalue weighted by Gasteiger charge is 2.17. The molecule has 10 heteroatoms. The number of carbonyl (C=O) groups excluding carboxylic acids is 1. The summed E-state index contributed by atoms with van der Waals surface area (Å²) in [5.74, 6) is 1.49. The minimum absolute atomic E-state index is 0.162. The minimum atomic E-state index is -0.392. The molecule has 1 aliphatic heterocycles. The molecule has 0 radical (unpaired) electrons. The maximum atomic E-state index is 12.3. The first kappa shape index (κ1) is 17.3. The Morgan fingerprint density at radius 3 is 3.00 bits per heavy atom. The predicted molar refractivity (Wildman–Crippen MR) is 98.5 cm³/mol. The fraction of sp³-hybridized carbons (Fsp3) is 0.375. The van der Waals surface area contributed by atoms with Crippen LogP contribution in [0.25, 0.3) is 11.5 Å². The molecule has 1 aliphatic rings. The first-order chi connectivity index (χ1) is 12.8. The molecule has 0 unspecified atom stereocenters. The first-order valence-corrected chi connectivity index (χ1v) is 10.1. The van der Waals surface area contributed by atoms with E-state index in [1.54, 1.807) is 23.9 Å². The molecule has 0 aromatic carbocycles. The van der Waals surface area contributed by atoms with E-state index in [1.165, 1.54) is 49.6 Å². The molecule has 1 saturated heterocycles. The zero-order chi connectivity index (χ0) is 17.8. The van der Waals surface area contributed by atoms with Crippen LogP contribution >= 0.6 is 23.1 Å². The fourth-order valence-electron chi connectivity index (χ4n) is 2.67. The van der Waals surface area contributed by atoms with Gasteiger partial charge in [-0.15, -0.1) is 10.2 Å². The summed E-state index contributed by atoms with van der Waals surface area (Å²) in [5, 5.41) is 15.0. The van der Waals surface area contributed by atoms with Crippen molar-refractivity contribution in [3.8, 4) is 11.5 Å².